The molecule has 0 bridgehead atoms. The van der Waals surface area contributed by atoms with Gasteiger partial charge in [0.25, 0.3) is 0 Å². The van der Waals surface area contributed by atoms with E-state index in [1.165, 1.54) is 25.7 Å². The minimum absolute atomic E-state index is 0.327. The average Bonchev–Trinajstić information content (AvgIpc) is 2.83. The minimum atomic E-state index is 0.327. The Kier molecular flexibility index (Phi) is 5.17. The van der Waals surface area contributed by atoms with Crippen molar-refractivity contribution in [2.75, 3.05) is 0 Å². The number of rotatable bonds is 6. The predicted octanol–water partition coefficient (Wildman–Crippen LogP) is 3.53. The fraction of sp³-hybridized carbons (Fsp3) is 0.750. The van der Waals surface area contributed by atoms with Gasteiger partial charge in [0.1, 0.15) is 11.6 Å². The maximum absolute atomic E-state index is 12.2. The molecule has 1 heterocycles. The molecule has 2 rings (SSSR count). The van der Waals surface area contributed by atoms with Crippen molar-refractivity contribution in [3.63, 3.8) is 0 Å². The highest BCUT2D eigenvalue weighted by Crippen LogP contribution is 2.32. The number of hydrogen-bond donors (Lipinski definition) is 0. The van der Waals surface area contributed by atoms with Crippen LogP contribution in [0, 0.1) is 11.8 Å². The third-order valence-electron chi connectivity index (χ3n) is 4.51. The van der Waals surface area contributed by atoms with Gasteiger partial charge in [-0.1, -0.05) is 19.8 Å². The predicted molar refractivity (Wildman–Crippen MR) is 76.9 cm³/mol. The van der Waals surface area contributed by atoms with Crippen LogP contribution in [0.1, 0.15) is 57.7 Å². The highest BCUT2D eigenvalue weighted by atomic mass is 16.1. The van der Waals surface area contributed by atoms with E-state index < -0.39 is 0 Å². The molecule has 0 aromatic carbocycles. The van der Waals surface area contributed by atoms with E-state index >= 15 is 0 Å². The van der Waals surface area contributed by atoms with Gasteiger partial charge in [0.15, 0.2) is 0 Å². The first kappa shape index (κ1) is 14.3. The molecule has 106 valence electrons. The zero-order valence-electron chi connectivity index (χ0n) is 12.3. The highest BCUT2D eigenvalue weighted by Gasteiger charge is 2.25. The average molecular weight is 262 g/mol. The molecule has 1 aliphatic carbocycles. The zero-order valence-corrected chi connectivity index (χ0v) is 12.3. The topological polar surface area (TPSA) is 34.9 Å². The molecule has 1 aromatic heterocycles. The molecule has 0 aliphatic heterocycles. The molecule has 3 heteroatoms. The first-order chi connectivity index (χ1) is 9.20. The minimum Gasteiger partial charge on any atom is -0.338 e. The molecule has 1 aliphatic rings. The summed E-state index contributed by atoms with van der Waals surface area (Å²) in [5.41, 5.74) is 0. The first-order valence-corrected chi connectivity index (χ1v) is 7.69. The molecule has 0 spiro atoms. The zero-order chi connectivity index (χ0) is 13.7. The largest absolute Gasteiger partial charge is 0.338 e. The number of aryl methyl sites for hydroxylation is 2. The van der Waals surface area contributed by atoms with Gasteiger partial charge in [-0.05, 0) is 31.6 Å². The quantitative estimate of drug-likeness (QED) is 0.786. The van der Waals surface area contributed by atoms with Crippen molar-refractivity contribution in [2.45, 2.75) is 58.3 Å². The van der Waals surface area contributed by atoms with Crippen molar-refractivity contribution in [3.8, 4) is 0 Å². The lowest BCUT2D eigenvalue weighted by atomic mass is 9.78. The van der Waals surface area contributed by atoms with Gasteiger partial charge in [-0.3, -0.25) is 4.79 Å². The number of nitrogens with zero attached hydrogens (tertiary/aromatic N) is 2. The first-order valence-electron chi connectivity index (χ1n) is 7.69. The summed E-state index contributed by atoms with van der Waals surface area (Å²) in [6, 6.07) is 0. The van der Waals surface area contributed by atoms with Gasteiger partial charge in [-0.2, -0.15) is 0 Å². The maximum Gasteiger partial charge on any atom is 0.136 e. The third-order valence-corrected chi connectivity index (χ3v) is 4.51. The van der Waals surface area contributed by atoms with Crippen LogP contribution in [-0.4, -0.2) is 15.3 Å². The lowest BCUT2D eigenvalue weighted by Gasteiger charge is -2.27. The van der Waals surface area contributed by atoms with Gasteiger partial charge in [0.2, 0.25) is 0 Å². The van der Waals surface area contributed by atoms with Crippen molar-refractivity contribution in [3.05, 3.63) is 18.2 Å². The summed E-state index contributed by atoms with van der Waals surface area (Å²) in [5.74, 6) is 2.68. The number of ketones is 1. The molecule has 0 amide bonds. The van der Waals surface area contributed by atoms with Crippen molar-refractivity contribution < 1.29 is 4.79 Å². The van der Waals surface area contributed by atoms with Crippen LogP contribution in [0.2, 0.25) is 0 Å². The van der Waals surface area contributed by atoms with Crippen LogP contribution in [-0.2, 0) is 18.3 Å². The summed E-state index contributed by atoms with van der Waals surface area (Å²) < 4.78 is 2.01. The van der Waals surface area contributed by atoms with E-state index in [4.69, 9.17) is 0 Å². The van der Waals surface area contributed by atoms with E-state index in [0.717, 1.165) is 31.0 Å². The number of Topliss-reactive ketones (excluding diaryl/α,β-unsaturated/α-hetero) is 1. The smallest absolute Gasteiger partial charge is 0.136 e. The standard InChI is InChI=1S/C16H26N2O/c1-3-4-13-5-7-14(8-6-13)15(19)9-10-16-17-11-12-18(16)2/h11-14H,3-10H2,1-2H3. The van der Waals surface area contributed by atoms with Crippen LogP contribution in [0.3, 0.4) is 0 Å². The fourth-order valence-corrected chi connectivity index (χ4v) is 3.26. The van der Waals surface area contributed by atoms with Gasteiger partial charge >= 0.3 is 0 Å². The Morgan fingerprint density at radius 2 is 2.11 bits per heavy atom. The molecule has 0 atom stereocenters. The molecular formula is C16H26N2O. The molecule has 1 saturated carbocycles. The molecule has 19 heavy (non-hydrogen) atoms. The van der Waals surface area contributed by atoms with Crippen LogP contribution in [0.25, 0.3) is 0 Å². The van der Waals surface area contributed by atoms with E-state index in [0.29, 0.717) is 18.1 Å². The van der Waals surface area contributed by atoms with Crippen LogP contribution in [0.5, 0.6) is 0 Å². The molecule has 0 N–H and O–H groups in total. The van der Waals surface area contributed by atoms with Crippen molar-refractivity contribution >= 4 is 5.78 Å². The maximum atomic E-state index is 12.2. The highest BCUT2D eigenvalue weighted by molar-refractivity contribution is 5.81. The number of carbonyl (C=O) groups excluding carboxylic acids is 1. The lowest BCUT2D eigenvalue weighted by Crippen LogP contribution is -2.22. The van der Waals surface area contributed by atoms with E-state index in [9.17, 15) is 4.79 Å². The van der Waals surface area contributed by atoms with Crippen molar-refractivity contribution in [1.82, 2.24) is 9.55 Å². The third kappa shape index (κ3) is 3.92. The molecule has 0 saturated heterocycles. The second-order valence-corrected chi connectivity index (χ2v) is 5.93. The SMILES string of the molecule is CCCC1CCC(C(=O)CCc2nccn2C)CC1. The summed E-state index contributed by atoms with van der Waals surface area (Å²) in [4.78, 5) is 16.5. The number of imidazole rings is 1. The van der Waals surface area contributed by atoms with Gasteiger partial charge in [0, 0.05) is 38.2 Å². The van der Waals surface area contributed by atoms with Crippen LogP contribution < -0.4 is 0 Å². The molecular weight excluding hydrogens is 236 g/mol. The van der Waals surface area contributed by atoms with E-state index in [2.05, 4.69) is 11.9 Å². The normalized spacial score (nSPS) is 23.5. The summed E-state index contributed by atoms with van der Waals surface area (Å²) in [6.07, 6.45) is 12.6. The van der Waals surface area contributed by atoms with Crippen LogP contribution in [0.15, 0.2) is 12.4 Å². The molecule has 0 radical (unpaired) electrons. The Balaban J connectivity index is 1.74. The van der Waals surface area contributed by atoms with E-state index in [-0.39, 0.29) is 0 Å². The van der Waals surface area contributed by atoms with Crippen molar-refractivity contribution in [2.24, 2.45) is 18.9 Å². The summed E-state index contributed by atoms with van der Waals surface area (Å²) >= 11 is 0. The second kappa shape index (κ2) is 6.88. The van der Waals surface area contributed by atoms with Crippen LogP contribution in [0.4, 0.5) is 0 Å². The Hall–Kier alpha value is -1.12. The van der Waals surface area contributed by atoms with E-state index in [1.807, 2.05) is 17.8 Å². The van der Waals surface area contributed by atoms with Gasteiger partial charge < -0.3 is 4.57 Å². The number of hydrogen-bond acceptors (Lipinski definition) is 2. The molecule has 1 aromatic rings. The van der Waals surface area contributed by atoms with Gasteiger partial charge in [-0.15, -0.1) is 0 Å². The summed E-state index contributed by atoms with van der Waals surface area (Å²) in [5, 5.41) is 0. The number of aromatic nitrogens is 2. The molecule has 3 nitrogen and oxygen atoms in total. The Bertz CT molecular complexity index is 403. The summed E-state index contributed by atoms with van der Waals surface area (Å²) in [7, 11) is 1.99. The van der Waals surface area contributed by atoms with Gasteiger partial charge in [0.05, 0.1) is 0 Å². The number of carbonyl (C=O) groups is 1. The van der Waals surface area contributed by atoms with Crippen molar-refractivity contribution in [1.29, 1.82) is 0 Å². The fourth-order valence-electron chi connectivity index (χ4n) is 3.26. The Morgan fingerprint density at radius 1 is 1.37 bits per heavy atom. The van der Waals surface area contributed by atoms with Gasteiger partial charge in [-0.25, -0.2) is 4.98 Å². The molecule has 1 fully saturated rings. The van der Waals surface area contributed by atoms with E-state index in [1.54, 1.807) is 6.20 Å². The second-order valence-electron chi connectivity index (χ2n) is 5.93. The Labute approximate surface area is 116 Å². The molecule has 0 unspecified atom stereocenters. The summed E-state index contributed by atoms with van der Waals surface area (Å²) in [6.45, 7) is 2.25. The van der Waals surface area contributed by atoms with Crippen LogP contribution >= 0.6 is 0 Å². The monoisotopic (exact) mass is 262 g/mol. The lowest BCUT2D eigenvalue weighted by molar-refractivity contribution is -0.124. The Morgan fingerprint density at radius 3 is 2.68 bits per heavy atom.